The van der Waals surface area contributed by atoms with E-state index in [-0.39, 0.29) is 12.5 Å². The predicted octanol–water partition coefficient (Wildman–Crippen LogP) is 6.50. The average Bonchev–Trinajstić information content (AvgIpc) is 3.16. The summed E-state index contributed by atoms with van der Waals surface area (Å²) in [6.07, 6.45) is 0. The van der Waals surface area contributed by atoms with Crippen molar-refractivity contribution in [3.05, 3.63) is 97.1 Å². The zero-order chi connectivity index (χ0) is 21.9. The highest BCUT2D eigenvalue weighted by molar-refractivity contribution is 6.09. The Labute approximate surface area is 187 Å². The summed E-state index contributed by atoms with van der Waals surface area (Å²) in [5, 5.41) is 5.29. The Morgan fingerprint density at radius 1 is 0.781 bits per heavy atom. The van der Waals surface area contributed by atoms with Gasteiger partial charge in [-0.2, -0.15) is 0 Å². The summed E-state index contributed by atoms with van der Waals surface area (Å²) in [5.74, 6) is 0.483. The van der Waals surface area contributed by atoms with E-state index >= 15 is 0 Å². The molecule has 0 radical (unpaired) electrons. The number of aryl methyl sites for hydroxylation is 1. The summed E-state index contributed by atoms with van der Waals surface area (Å²) in [7, 11) is 0. The van der Waals surface area contributed by atoms with Gasteiger partial charge in [0.25, 0.3) is 5.91 Å². The van der Waals surface area contributed by atoms with Crippen LogP contribution in [0.3, 0.4) is 0 Å². The first-order valence-corrected chi connectivity index (χ1v) is 10.8. The Balaban J connectivity index is 1.27. The van der Waals surface area contributed by atoms with E-state index in [0.717, 1.165) is 28.7 Å². The minimum absolute atomic E-state index is 0.0422. The molecule has 0 atom stereocenters. The number of anilines is 1. The van der Waals surface area contributed by atoms with E-state index in [9.17, 15) is 4.79 Å². The fourth-order valence-corrected chi connectivity index (χ4v) is 4.19. The number of benzene rings is 4. The van der Waals surface area contributed by atoms with Crippen LogP contribution >= 0.6 is 0 Å². The summed E-state index contributed by atoms with van der Waals surface area (Å²) in [6, 6.07) is 32.4. The Morgan fingerprint density at radius 2 is 1.47 bits per heavy atom. The van der Waals surface area contributed by atoms with E-state index in [0.29, 0.717) is 5.75 Å². The minimum atomic E-state index is -0.185. The average molecular weight is 421 g/mol. The number of para-hydroxylation sites is 1. The Morgan fingerprint density at radius 3 is 2.25 bits per heavy atom. The molecule has 0 fully saturated rings. The van der Waals surface area contributed by atoms with Crippen LogP contribution in [0.5, 0.6) is 5.75 Å². The van der Waals surface area contributed by atoms with Gasteiger partial charge < -0.3 is 14.6 Å². The maximum absolute atomic E-state index is 12.5. The molecule has 1 amide bonds. The van der Waals surface area contributed by atoms with Crippen molar-refractivity contribution < 1.29 is 9.53 Å². The van der Waals surface area contributed by atoms with Crippen LogP contribution in [0.2, 0.25) is 0 Å². The van der Waals surface area contributed by atoms with Gasteiger partial charge in [-0.25, -0.2) is 0 Å². The lowest BCUT2D eigenvalue weighted by atomic mass is 10.1. The normalized spacial score (nSPS) is 11.0. The molecule has 0 unspecified atom stereocenters. The van der Waals surface area contributed by atoms with Crippen molar-refractivity contribution >= 4 is 33.4 Å². The molecule has 5 aromatic rings. The second kappa shape index (κ2) is 8.60. The van der Waals surface area contributed by atoms with Crippen LogP contribution in [0.25, 0.3) is 32.9 Å². The molecule has 4 aromatic carbocycles. The Bertz CT molecular complexity index is 1390. The standard InChI is InChI=1S/C28H24N2O2/c1-2-30-26-11-7-6-10-24(26)25-18-22(14-17-27(25)30)29-28(31)19-32-23-15-12-21(13-16-23)20-8-4-3-5-9-20/h3-18H,2,19H2,1H3,(H,29,31). The summed E-state index contributed by atoms with van der Waals surface area (Å²) in [5.41, 5.74) is 5.40. The van der Waals surface area contributed by atoms with Crippen LogP contribution in [-0.2, 0) is 11.3 Å². The van der Waals surface area contributed by atoms with E-state index in [4.69, 9.17) is 4.74 Å². The molecular formula is C28H24N2O2. The maximum Gasteiger partial charge on any atom is 0.262 e. The highest BCUT2D eigenvalue weighted by atomic mass is 16.5. The molecule has 0 saturated carbocycles. The van der Waals surface area contributed by atoms with Crippen LogP contribution in [0.4, 0.5) is 5.69 Å². The molecule has 0 saturated heterocycles. The number of hydrogen-bond donors (Lipinski definition) is 1. The fraction of sp³-hybridized carbons (Fsp3) is 0.107. The molecule has 32 heavy (non-hydrogen) atoms. The zero-order valence-electron chi connectivity index (χ0n) is 17.9. The van der Waals surface area contributed by atoms with Crippen molar-refractivity contribution in [1.29, 1.82) is 0 Å². The molecule has 0 aliphatic rings. The largest absolute Gasteiger partial charge is 0.484 e. The number of aromatic nitrogens is 1. The number of hydrogen-bond acceptors (Lipinski definition) is 2. The third-order valence-electron chi connectivity index (χ3n) is 5.70. The van der Waals surface area contributed by atoms with Gasteiger partial charge in [0.15, 0.2) is 6.61 Å². The summed E-state index contributed by atoms with van der Waals surface area (Å²) < 4.78 is 7.98. The van der Waals surface area contributed by atoms with E-state index in [1.807, 2.05) is 60.7 Å². The molecule has 1 N–H and O–H groups in total. The van der Waals surface area contributed by atoms with Crippen molar-refractivity contribution in [2.45, 2.75) is 13.5 Å². The van der Waals surface area contributed by atoms with Gasteiger partial charge >= 0.3 is 0 Å². The number of carbonyl (C=O) groups excluding carboxylic acids is 1. The minimum Gasteiger partial charge on any atom is -0.484 e. The van der Waals surface area contributed by atoms with Gasteiger partial charge in [0, 0.05) is 34.0 Å². The van der Waals surface area contributed by atoms with Crippen molar-refractivity contribution in [1.82, 2.24) is 4.57 Å². The Kier molecular flexibility index (Phi) is 5.34. The molecule has 0 bridgehead atoms. The van der Waals surface area contributed by atoms with Gasteiger partial charge in [0.1, 0.15) is 5.75 Å². The first-order chi connectivity index (χ1) is 15.7. The number of fused-ring (bicyclic) bond motifs is 3. The van der Waals surface area contributed by atoms with Crippen LogP contribution in [0, 0.1) is 0 Å². The molecule has 0 spiro atoms. The van der Waals surface area contributed by atoms with Gasteiger partial charge in [-0.3, -0.25) is 4.79 Å². The first-order valence-electron chi connectivity index (χ1n) is 10.8. The number of nitrogens with one attached hydrogen (secondary N) is 1. The topological polar surface area (TPSA) is 43.3 Å². The van der Waals surface area contributed by atoms with E-state index in [1.54, 1.807) is 0 Å². The first kappa shape index (κ1) is 19.9. The van der Waals surface area contributed by atoms with Gasteiger partial charge in [-0.15, -0.1) is 0 Å². The summed E-state index contributed by atoms with van der Waals surface area (Å²) in [6.45, 7) is 3.00. The maximum atomic E-state index is 12.5. The number of carbonyl (C=O) groups is 1. The van der Waals surface area contributed by atoms with Crippen LogP contribution < -0.4 is 10.1 Å². The molecule has 1 heterocycles. The third-order valence-corrected chi connectivity index (χ3v) is 5.70. The van der Waals surface area contributed by atoms with Gasteiger partial charge in [-0.05, 0) is 54.4 Å². The van der Waals surface area contributed by atoms with E-state index in [2.05, 4.69) is 53.2 Å². The van der Waals surface area contributed by atoms with Crippen molar-refractivity contribution in [2.75, 3.05) is 11.9 Å². The lowest BCUT2D eigenvalue weighted by Crippen LogP contribution is -2.20. The molecule has 158 valence electrons. The van der Waals surface area contributed by atoms with Crippen molar-refractivity contribution in [3.8, 4) is 16.9 Å². The third kappa shape index (κ3) is 3.83. The van der Waals surface area contributed by atoms with E-state index < -0.39 is 0 Å². The molecular weight excluding hydrogens is 396 g/mol. The number of nitrogens with zero attached hydrogens (tertiary/aromatic N) is 1. The SMILES string of the molecule is CCn1c2ccccc2c2cc(NC(=O)COc3ccc(-c4ccccc4)cc3)ccc21. The fourth-order valence-electron chi connectivity index (χ4n) is 4.19. The Hall–Kier alpha value is -4.05. The number of rotatable bonds is 6. The summed E-state index contributed by atoms with van der Waals surface area (Å²) >= 11 is 0. The lowest BCUT2D eigenvalue weighted by molar-refractivity contribution is -0.118. The second-order valence-electron chi connectivity index (χ2n) is 7.72. The second-order valence-corrected chi connectivity index (χ2v) is 7.72. The number of ether oxygens (including phenoxy) is 1. The monoisotopic (exact) mass is 420 g/mol. The van der Waals surface area contributed by atoms with Gasteiger partial charge in [0.2, 0.25) is 0 Å². The molecule has 4 heteroatoms. The van der Waals surface area contributed by atoms with Crippen molar-refractivity contribution in [2.24, 2.45) is 0 Å². The van der Waals surface area contributed by atoms with Crippen LogP contribution in [0.1, 0.15) is 6.92 Å². The smallest absolute Gasteiger partial charge is 0.262 e. The molecule has 4 nitrogen and oxygen atoms in total. The van der Waals surface area contributed by atoms with Crippen molar-refractivity contribution in [3.63, 3.8) is 0 Å². The quantitative estimate of drug-likeness (QED) is 0.341. The molecule has 0 aliphatic carbocycles. The summed E-state index contributed by atoms with van der Waals surface area (Å²) in [4.78, 5) is 12.5. The van der Waals surface area contributed by atoms with Gasteiger partial charge in [-0.1, -0.05) is 60.7 Å². The number of amides is 1. The van der Waals surface area contributed by atoms with Crippen LogP contribution in [-0.4, -0.2) is 17.1 Å². The lowest BCUT2D eigenvalue weighted by Gasteiger charge is -2.09. The highest BCUT2D eigenvalue weighted by Crippen LogP contribution is 2.31. The van der Waals surface area contributed by atoms with Crippen LogP contribution in [0.15, 0.2) is 97.1 Å². The highest BCUT2D eigenvalue weighted by Gasteiger charge is 2.11. The molecule has 1 aromatic heterocycles. The predicted molar refractivity (Wildman–Crippen MR) is 131 cm³/mol. The van der Waals surface area contributed by atoms with Gasteiger partial charge in [0.05, 0.1) is 0 Å². The molecule has 0 aliphatic heterocycles. The zero-order valence-corrected chi connectivity index (χ0v) is 17.9. The molecule has 5 rings (SSSR count). The van der Waals surface area contributed by atoms with E-state index in [1.165, 1.54) is 16.4 Å².